The summed E-state index contributed by atoms with van der Waals surface area (Å²) in [6.45, 7) is 4.99. The van der Waals surface area contributed by atoms with Crippen LogP contribution in [0, 0.1) is 0 Å². The molecule has 102 valence electrons. The fraction of sp³-hybridized carbons (Fsp3) is 0.846. The molecule has 1 N–H and O–H groups in total. The summed E-state index contributed by atoms with van der Waals surface area (Å²) >= 11 is 0. The Morgan fingerprint density at radius 2 is 2.06 bits per heavy atom. The average Bonchev–Trinajstić information content (AvgIpc) is 2.98. The second kappa shape index (κ2) is 4.53. The minimum absolute atomic E-state index is 0.0552. The predicted molar refractivity (Wildman–Crippen MR) is 67.2 cm³/mol. The summed E-state index contributed by atoms with van der Waals surface area (Å²) in [5.41, 5.74) is -0.146. The van der Waals surface area contributed by atoms with Crippen LogP contribution in [0.3, 0.4) is 0 Å². The Morgan fingerprint density at radius 1 is 1.44 bits per heavy atom. The van der Waals surface area contributed by atoms with Crippen molar-refractivity contribution < 1.29 is 14.7 Å². The molecule has 0 aromatic carbocycles. The summed E-state index contributed by atoms with van der Waals surface area (Å²) in [7, 11) is 1.91. The van der Waals surface area contributed by atoms with Gasteiger partial charge in [-0.1, -0.05) is 0 Å². The Kier molecular flexibility index (Phi) is 3.36. The van der Waals surface area contributed by atoms with Crippen molar-refractivity contribution in [2.45, 2.75) is 57.2 Å². The van der Waals surface area contributed by atoms with Gasteiger partial charge < -0.3 is 10.0 Å². The number of piperazine rings is 1. The first kappa shape index (κ1) is 13.3. The zero-order valence-corrected chi connectivity index (χ0v) is 11.3. The molecule has 5 nitrogen and oxygen atoms in total. The average molecular weight is 254 g/mol. The van der Waals surface area contributed by atoms with E-state index in [2.05, 4.69) is 13.8 Å². The summed E-state index contributed by atoms with van der Waals surface area (Å²) < 4.78 is 0. The zero-order chi connectivity index (χ0) is 13.5. The van der Waals surface area contributed by atoms with E-state index in [0.717, 1.165) is 19.4 Å². The van der Waals surface area contributed by atoms with Gasteiger partial charge in [0.05, 0.1) is 11.6 Å². The zero-order valence-electron chi connectivity index (χ0n) is 11.3. The van der Waals surface area contributed by atoms with Gasteiger partial charge in [-0.05, 0) is 40.2 Å². The van der Waals surface area contributed by atoms with Crippen molar-refractivity contribution in [3.8, 4) is 0 Å². The van der Waals surface area contributed by atoms with Crippen LogP contribution in [-0.4, -0.2) is 58.0 Å². The standard InChI is InChI=1S/C13H22N2O3/c1-13(2)8-14(3)10(6-7-11(16)17)12(18)15(13)9-4-5-9/h9-10H,4-8H2,1-3H3,(H,16,17). The molecule has 1 saturated heterocycles. The summed E-state index contributed by atoms with van der Waals surface area (Å²) in [6, 6.07) is 0.114. The minimum atomic E-state index is -0.834. The van der Waals surface area contributed by atoms with Crippen LogP contribution in [0.25, 0.3) is 0 Å². The number of hydrogen-bond donors (Lipinski definition) is 1. The number of aliphatic carboxylic acids is 1. The van der Waals surface area contributed by atoms with E-state index in [1.54, 1.807) is 0 Å². The van der Waals surface area contributed by atoms with Gasteiger partial charge in [-0.2, -0.15) is 0 Å². The monoisotopic (exact) mass is 254 g/mol. The molecule has 2 rings (SSSR count). The van der Waals surface area contributed by atoms with Crippen LogP contribution in [0.5, 0.6) is 0 Å². The van der Waals surface area contributed by atoms with Crippen molar-refractivity contribution in [1.29, 1.82) is 0 Å². The number of hydrogen-bond acceptors (Lipinski definition) is 3. The van der Waals surface area contributed by atoms with Crippen LogP contribution in [-0.2, 0) is 9.59 Å². The van der Waals surface area contributed by atoms with Gasteiger partial charge in [0.1, 0.15) is 0 Å². The number of carbonyl (C=O) groups is 2. The van der Waals surface area contributed by atoms with E-state index >= 15 is 0 Å². The van der Waals surface area contributed by atoms with Gasteiger partial charge in [0.2, 0.25) is 5.91 Å². The quantitative estimate of drug-likeness (QED) is 0.811. The van der Waals surface area contributed by atoms with Crippen LogP contribution >= 0.6 is 0 Å². The highest BCUT2D eigenvalue weighted by Crippen LogP contribution is 2.37. The molecule has 1 amide bonds. The molecule has 1 aliphatic heterocycles. The number of amides is 1. The highest BCUT2D eigenvalue weighted by atomic mass is 16.4. The summed E-state index contributed by atoms with van der Waals surface area (Å²) in [5.74, 6) is -0.725. The molecule has 1 atom stereocenters. The molecule has 0 spiro atoms. The number of carbonyl (C=O) groups excluding carboxylic acids is 1. The van der Waals surface area contributed by atoms with Crippen molar-refractivity contribution in [3.05, 3.63) is 0 Å². The van der Waals surface area contributed by atoms with Crippen molar-refractivity contribution >= 4 is 11.9 Å². The van der Waals surface area contributed by atoms with E-state index in [9.17, 15) is 9.59 Å². The fourth-order valence-electron chi connectivity index (χ4n) is 3.06. The molecule has 2 aliphatic rings. The molecule has 0 radical (unpaired) electrons. The Bertz CT molecular complexity index is 363. The predicted octanol–water partition coefficient (Wildman–Crippen LogP) is 0.935. The lowest BCUT2D eigenvalue weighted by Crippen LogP contribution is -2.66. The second-order valence-electron chi connectivity index (χ2n) is 6.12. The van der Waals surface area contributed by atoms with Crippen molar-refractivity contribution in [2.24, 2.45) is 0 Å². The maximum Gasteiger partial charge on any atom is 0.303 e. The molecule has 1 saturated carbocycles. The molecular formula is C13H22N2O3. The fourth-order valence-corrected chi connectivity index (χ4v) is 3.06. The SMILES string of the molecule is CN1CC(C)(C)N(C2CC2)C(=O)C1CCC(=O)O. The van der Waals surface area contributed by atoms with E-state index in [4.69, 9.17) is 5.11 Å². The van der Waals surface area contributed by atoms with E-state index < -0.39 is 5.97 Å². The number of rotatable bonds is 4. The second-order valence-corrected chi connectivity index (χ2v) is 6.12. The van der Waals surface area contributed by atoms with Crippen molar-refractivity contribution in [2.75, 3.05) is 13.6 Å². The highest BCUT2D eigenvalue weighted by Gasteiger charge is 2.48. The molecule has 1 aliphatic carbocycles. The lowest BCUT2D eigenvalue weighted by atomic mass is 9.93. The normalized spacial score (nSPS) is 28.5. The molecule has 0 aromatic rings. The van der Waals surface area contributed by atoms with Gasteiger partial charge in [0.25, 0.3) is 0 Å². The third kappa shape index (κ3) is 2.51. The van der Waals surface area contributed by atoms with Crippen LogP contribution in [0.4, 0.5) is 0 Å². The van der Waals surface area contributed by atoms with E-state index in [0.29, 0.717) is 12.5 Å². The van der Waals surface area contributed by atoms with Gasteiger partial charge in [-0.25, -0.2) is 0 Å². The molecule has 1 unspecified atom stereocenters. The number of carboxylic acid groups (broad SMARTS) is 1. The van der Waals surface area contributed by atoms with Gasteiger partial charge >= 0.3 is 5.97 Å². The molecular weight excluding hydrogens is 232 g/mol. The summed E-state index contributed by atoms with van der Waals surface area (Å²) in [4.78, 5) is 27.2. The smallest absolute Gasteiger partial charge is 0.303 e. The van der Waals surface area contributed by atoms with Gasteiger partial charge in [-0.15, -0.1) is 0 Å². The third-order valence-corrected chi connectivity index (χ3v) is 3.89. The van der Waals surface area contributed by atoms with E-state index in [1.807, 2.05) is 16.8 Å². The van der Waals surface area contributed by atoms with Gasteiger partial charge in [0.15, 0.2) is 0 Å². The van der Waals surface area contributed by atoms with E-state index in [1.165, 1.54) is 0 Å². The molecule has 2 fully saturated rings. The maximum absolute atomic E-state index is 12.5. The van der Waals surface area contributed by atoms with Crippen LogP contribution in [0.15, 0.2) is 0 Å². The molecule has 18 heavy (non-hydrogen) atoms. The van der Waals surface area contributed by atoms with Crippen LogP contribution in [0.1, 0.15) is 39.5 Å². The lowest BCUT2D eigenvalue weighted by molar-refractivity contribution is -0.152. The summed E-state index contributed by atoms with van der Waals surface area (Å²) in [6.07, 6.45) is 2.64. The highest BCUT2D eigenvalue weighted by molar-refractivity contribution is 5.84. The molecule has 5 heteroatoms. The first-order valence-electron chi connectivity index (χ1n) is 6.58. The number of nitrogens with zero attached hydrogens (tertiary/aromatic N) is 2. The first-order chi connectivity index (χ1) is 8.33. The number of carboxylic acids is 1. The Balaban J connectivity index is 2.11. The van der Waals surface area contributed by atoms with Crippen LogP contribution < -0.4 is 0 Å². The number of likely N-dealkylation sites (N-methyl/N-ethyl adjacent to an activating group) is 1. The lowest BCUT2D eigenvalue weighted by Gasteiger charge is -2.49. The molecule has 1 heterocycles. The largest absolute Gasteiger partial charge is 0.481 e. The third-order valence-electron chi connectivity index (χ3n) is 3.89. The maximum atomic E-state index is 12.5. The summed E-state index contributed by atoms with van der Waals surface area (Å²) in [5, 5.41) is 8.76. The minimum Gasteiger partial charge on any atom is -0.481 e. The first-order valence-corrected chi connectivity index (χ1v) is 6.58. The molecule has 0 aromatic heterocycles. The topological polar surface area (TPSA) is 60.9 Å². The van der Waals surface area contributed by atoms with E-state index in [-0.39, 0.29) is 23.9 Å². The Morgan fingerprint density at radius 3 is 2.56 bits per heavy atom. The Hall–Kier alpha value is -1.10. The van der Waals surface area contributed by atoms with Gasteiger partial charge in [-0.3, -0.25) is 14.5 Å². The van der Waals surface area contributed by atoms with Gasteiger partial charge in [0, 0.05) is 19.0 Å². The van der Waals surface area contributed by atoms with Crippen molar-refractivity contribution in [1.82, 2.24) is 9.80 Å². The van der Waals surface area contributed by atoms with Crippen LogP contribution in [0.2, 0.25) is 0 Å². The Labute approximate surface area is 108 Å². The molecule has 0 bridgehead atoms. The van der Waals surface area contributed by atoms with Crippen molar-refractivity contribution in [3.63, 3.8) is 0 Å².